The normalized spacial score (nSPS) is 37.7. The van der Waals surface area contributed by atoms with Crippen LogP contribution in [-0.4, -0.2) is 30.6 Å². The molecule has 1 saturated carbocycles. The van der Waals surface area contributed by atoms with Gasteiger partial charge in [0.1, 0.15) is 0 Å². The predicted molar refractivity (Wildman–Crippen MR) is 83.1 cm³/mol. The largest absolute Gasteiger partial charge is 0.330 e. The average Bonchev–Trinajstić information content (AvgIpc) is 2.70. The van der Waals surface area contributed by atoms with Crippen molar-refractivity contribution in [3.63, 3.8) is 0 Å². The topological polar surface area (TPSA) is 29.3 Å². The van der Waals surface area contributed by atoms with E-state index in [4.69, 9.17) is 5.73 Å². The van der Waals surface area contributed by atoms with E-state index in [-0.39, 0.29) is 0 Å². The molecule has 1 saturated heterocycles. The lowest BCUT2D eigenvalue weighted by molar-refractivity contribution is 0.121. The molecule has 2 N–H and O–H groups in total. The molecule has 1 aliphatic heterocycles. The van der Waals surface area contributed by atoms with E-state index in [1.165, 1.54) is 45.2 Å². The van der Waals surface area contributed by atoms with Crippen LogP contribution in [0.2, 0.25) is 0 Å². The van der Waals surface area contributed by atoms with Gasteiger partial charge in [-0.15, -0.1) is 0 Å². The van der Waals surface area contributed by atoms with Crippen molar-refractivity contribution in [1.29, 1.82) is 0 Å². The predicted octanol–water partition coefficient (Wildman–Crippen LogP) is 3.51. The van der Waals surface area contributed by atoms with Gasteiger partial charge in [-0.2, -0.15) is 0 Å². The maximum atomic E-state index is 5.83. The Morgan fingerprint density at radius 2 is 1.68 bits per heavy atom. The molecule has 112 valence electrons. The van der Waals surface area contributed by atoms with Crippen molar-refractivity contribution in [2.24, 2.45) is 28.9 Å². The van der Waals surface area contributed by atoms with Gasteiger partial charge < -0.3 is 10.6 Å². The smallest absolute Gasteiger partial charge is 0.00707 e. The minimum atomic E-state index is 0.510. The summed E-state index contributed by atoms with van der Waals surface area (Å²) in [4.78, 5) is 2.71. The summed E-state index contributed by atoms with van der Waals surface area (Å²) in [5, 5.41) is 0. The molecule has 2 fully saturated rings. The number of nitrogens with two attached hydrogens (primary N) is 1. The standard InChI is InChI=1S/C17H34N2/c1-13-9-15(10-18)12-19(13)11-14-5-7-16(8-6-14)17(2,3)4/h13-16H,5-12,18H2,1-4H3. The number of hydrogen-bond acceptors (Lipinski definition) is 2. The summed E-state index contributed by atoms with van der Waals surface area (Å²) in [5.74, 6) is 2.63. The highest BCUT2D eigenvalue weighted by atomic mass is 15.2. The van der Waals surface area contributed by atoms with Crippen molar-refractivity contribution in [3.05, 3.63) is 0 Å². The van der Waals surface area contributed by atoms with Crippen molar-refractivity contribution in [1.82, 2.24) is 4.90 Å². The molecule has 19 heavy (non-hydrogen) atoms. The Labute approximate surface area is 120 Å². The molecule has 0 aromatic heterocycles. The lowest BCUT2D eigenvalue weighted by Crippen LogP contribution is -2.35. The quantitative estimate of drug-likeness (QED) is 0.847. The molecule has 2 rings (SSSR count). The van der Waals surface area contributed by atoms with Crippen molar-refractivity contribution in [2.45, 2.75) is 65.8 Å². The van der Waals surface area contributed by atoms with E-state index in [1.54, 1.807) is 0 Å². The van der Waals surface area contributed by atoms with E-state index in [0.717, 1.165) is 30.3 Å². The van der Waals surface area contributed by atoms with Gasteiger partial charge in [0.25, 0.3) is 0 Å². The van der Waals surface area contributed by atoms with Crippen LogP contribution in [0.1, 0.15) is 59.8 Å². The molecule has 1 aliphatic carbocycles. The van der Waals surface area contributed by atoms with Gasteiger partial charge in [0, 0.05) is 19.1 Å². The first-order chi connectivity index (χ1) is 8.90. The van der Waals surface area contributed by atoms with Gasteiger partial charge in [-0.05, 0) is 68.7 Å². The molecule has 0 bridgehead atoms. The van der Waals surface area contributed by atoms with Gasteiger partial charge in [-0.1, -0.05) is 20.8 Å². The fourth-order valence-corrected chi connectivity index (χ4v) is 4.19. The lowest BCUT2D eigenvalue weighted by atomic mass is 9.70. The summed E-state index contributed by atoms with van der Waals surface area (Å²) in [6.07, 6.45) is 7.08. The fraction of sp³-hybridized carbons (Fsp3) is 1.00. The molecular weight excluding hydrogens is 232 g/mol. The number of rotatable bonds is 3. The molecule has 0 radical (unpaired) electrons. The third kappa shape index (κ3) is 3.95. The van der Waals surface area contributed by atoms with E-state index in [1.807, 2.05) is 0 Å². The Morgan fingerprint density at radius 1 is 1.05 bits per heavy atom. The first-order valence-electron chi connectivity index (χ1n) is 8.34. The van der Waals surface area contributed by atoms with Crippen LogP contribution in [0.25, 0.3) is 0 Å². The Morgan fingerprint density at radius 3 is 2.16 bits per heavy atom. The van der Waals surface area contributed by atoms with E-state index < -0.39 is 0 Å². The number of nitrogens with zero attached hydrogens (tertiary/aromatic N) is 1. The Kier molecular flexibility index (Phi) is 4.94. The molecule has 0 aromatic carbocycles. The molecule has 0 aromatic rings. The van der Waals surface area contributed by atoms with E-state index in [2.05, 4.69) is 32.6 Å². The molecule has 2 atom stereocenters. The zero-order valence-corrected chi connectivity index (χ0v) is 13.5. The summed E-state index contributed by atoms with van der Waals surface area (Å²) < 4.78 is 0. The van der Waals surface area contributed by atoms with Gasteiger partial charge in [-0.3, -0.25) is 0 Å². The zero-order chi connectivity index (χ0) is 14.0. The van der Waals surface area contributed by atoms with Crippen LogP contribution in [0, 0.1) is 23.2 Å². The van der Waals surface area contributed by atoms with Gasteiger partial charge in [0.15, 0.2) is 0 Å². The fourth-order valence-electron chi connectivity index (χ4n) is 4.19. The highest BCUT2D eigenvalue weighted by molar-refractivity contribution is 4.87. The maximum Gasteiger partial charge on any atom is 0.00707 e. The summed E-state index contributed by atoms with van der Waals surface area (Å²) in [5.41, 5.74) is 6.34. The molecule has 2 heteroatoms. The van der Waals surface area contributed by atoms with Gasteiger partial charge in [-0.25, -0.2) is 0 Å². The zero-order valence-electron chi connectivity index (χ0n) is 13.5. The first kappa shape index (κ1) is 15.3. The van der Waals surface area contributed by atoms with E-state index >= 15 is 0 Å². The minimum Gasteiger partial charge on any atom is -0.330 e. The highest BCUT2D eigenvalue weighted by Gasteiger charge is 2.33. The van der Waals surface area contributed by atoms with Crippen LogP contribution >= 0.6 is 0 Å². The second kappa shape index (κ2) is 6.13. The Hall–Kier alpha value is -0.0800. The Bertz CT molecular complexity index is 273. The molecule has 1 heterocycles. The number of likely N-dealkylation sites (tertiary alicyclic amines) is 1. The van der Waals surface area contributed by atoms with E-state index in [9.17, 15) is 0 Å². The molecule has 0 amide bonds. The van der Waals surface area contributed by atoms with Crippen LogP contribution in [-0.2, 0) is 0 Å². The highest BCUT2D eigenvalue weighted by Crippen LogP contribution is 2.40. The van der Waals surface area contributed by atoms with Gasteiger partial charge >= 0.3 is 0 Å². The third-order valence-corrected chi connectivity index (χ3v) is 5.69. The maximum absolute atomic E-state index is 5.83. The lowest BCUT2D eigenvalue weighted by Gasteiger charge is -2.38. The summed E-state index contributed by atoms with van der Waals surface area (Å²) in [7, 11) is 0. The summed E-state index contributed by atoms with van der Waals surface area (Å²) >= 11 is 0. The minimum absolute atomic E-state index is 0.510. The van der Waals surface area contributed by atoms with Crippen molar-refractivity contribution < 1.29 is 0 Å². The SMILES string of the molecule is CC1CC(CN)CN1CC1CCC(C(C)(C)C)CC1. The molecule has 2 aliphatic rings. The van der Waals surface area contributed by atoms with Gasteiger partial charge in [0.05, 0.1) is 0 Å². The second-order valence-electron chi connectivity index (χ2n) is 8.22. The van der Waals surface area contributed by atoms with Crippen LogP contribution in [0.15, 0.2) is 0 Å². The average molecular weight is 266 g/mol. The van der Waals surface area contributed by atoms with E-state index in [0.29, 0.717) is 5.41 Å². The van der Waals surface area contributed by atoms with Crippen LogP contribution in [0.5, 0.6) is 0 Å². The number of hydrogen-bond donors (Lipinski definition) is 1. The van der Waals surface area contributed by atoms with Crippen molar-refractivity contribution in [3.8, 4) is 0 Å². The summed E-state index contributed by atoms with van der Waals surface area (Å²) in [6, 6.07) is 0.758. The van der Waals surface area contributed by atoms with Crippen LogP contribution in [0.4, 0.5) is 0 Å². The molecule has 2 nitrogen and oxygen atoms in total. The van der Waals surface area contributed by atoms with Gasteiger partial charge in [0.2, 0.25) is 0 Å². The van der Waals surface area contributed by atoms with Crippen molar-refractivity contribution in [2.75, 3.05) is 19.6 Å². The third-order valence-electron chi connectivity index (χ3n) is 5.69. The van der Waals surface area contributed by atoms with Crippen LogP contribution in [0.3, 0.4) is 0 Å². The molecule has 2 unspecified atom stereocenters. The molecule has 0 spiro atoms. The summed E-state index contributed by atoms with van der Waals surface area (Å²) in [6.45, 7) is 13.1. The Balaban J connectivity index is 1.77. The monoisotopic (exact) mass is 266 g/mol. The first-order valence-corrected chi connectivity index (χ1v) is 8.34. The van der Waals surface area contributed by atoms with Crippen LogP contribution < -0.4 is 5.73 Å². The second-order valence-corrected chi connectivity index (χ2v) is 8.22. The molecular formula is C17H34N2. The van der Waals surface area contributed by atoms with Crippen molar-refractivity contribution >= 4 is 0 Å².